The monoisotopic (exact) mass is 371 g/mol. The fraction of sp³-hybridized carbons (Fsp3) is 0.167. The highest BCUT2D eigenvalue weighted by Gasteiger charge is 2.17. The first-order valence-electron chi connectivity index (χ1n) is 7.98. The third-order valence-electron chi connectivity index (χ3n) is 3.79. The number of carbonyl (C=O) groups is 1. The molecule has 0 aliphatic carbocycles. The number of nitrogen functional groups attached to an aromatic ring is 1. The normalized spacial score (nSPS) is 11.9. The molecule has 26 heavy (non-hydrogen) atoms. The van der Waals surface area contributed by atoms with Crippen LogP contribution in [-0.2, 0) is 4.79 Å². The second kappa shape index (κ2) is 8.01. The lowest BCUT2D eigenvalue weighted by Crippen LogP contribution is -2.28. The maximum absolute atomic E-state index is 13.9. The van der Waals surface area contributed by atoms with Crippen molar-refractivity contribution in [3.05, 3.63) is 66.0 Å². The minimum atomic E-state index is -0.433. The van der Waals surface area contributed by atoms with Crippen LogP contribution in [0.3, 0.4) is 0 Å². The van der Waals surface area contributed by atoms with Gasteiger partial charge < -0.3 is 11.2 Å². The minimum absolute atomic E-state index is 0.103. The number of nitrogens with zero attached hydrogens (tertiary/aromatic N) is 3. The van der Waals surface area contributed by atoms with Gasteiger partial charge in [0.2, 0.25) is 11.1 Å². The molecule has 0 aliphatic rings. The number of amides is 1. The Hall–Kier alpha value is -2.87. The zero-order chi connectivity index (χ0) is 18.5. The zero-order valence-corrected chi connectivity index (χ0v) is 14.9. The highest BCUT2D eigenvalue weighted by molar-refractivity contribution is 7.99. The van der Waals surface area contributed by atoms with Gasteiger partial charge in [0.15, 0.2) is 5.82 Å². The number of carbonyl (C=O) groups excluding carboxylic acids is 1. The predicted molar refractivity (Wildman–Crippen MR) is 99.3 cm³/mol. The van der Waals surface area contributed by atoms with Crippen molar-refractivity contribution in [3.63, 3.8) is 0 Å². The van der Waals surface area contributed by atoms with Gasteiger partial charge >= 0.3 is 0 Å². The Balaban J connectivity index is 1.62. The highest BCUT2D eigenvalue weighted by atomic mass is 32.2. The molecule has 3 rings (SSSR count). The van der Waals surface area contributed by atoms with Crippen molar-refractivity contribution in [2.45, 2.75) is 18.1 Å². The standard InChI is InChI=1S/C18H18FN5OS/c1-12(13-7-3-2-4-8-13)21-16(25)11-26-18-23-22-17(24(18)20)14-9-5-6-10-15(14)19/h2-10,12H,11,20H2,1H3,(H,21,25)/t12-/m1/s1. The fourth-order valence-electron chi connectivity index (χ4n) is 2.44. The summed E-state index contributed by atoms with van der Waals surface area (Å²) < 4.78 is 15.1. The summed E-state index contributed by atoms with van der Waals surface area (Å²) in [7, 11) is 0. The summed E-state index contributed by atoms with van der Waals surface area (Å²) in [6.45, 7) is 1.92. The van der Waals surface area contributed by atoms with Gasteiger partial charge in [-0.15, -0.1) is 10.2 Å². The Morgan fingerprint density at radius 1 is 1.19 bits per heavy atom. The SMILES string of the molecule is C[C@@H](NC(=O)CSc1nnc(-c2ccccc2F)n1N)c1ccccc1. The van der Waals surface area contributed by atoms with Gasteiger partial charge in [0.05, 0.1) is 17.4 Å². The van der Waals surface area contributed by atoms with Gasteiger partial charge in [0.1, 0.15) is 5.82 Å². The molecule has 0 spiro atoms. The van der Waals surface area contributed by atoms with Crippen molar-refractivity contribution in [2.75, 3.05) is 11.6 Å². The number of halogens is 1. The van der Waals surface area contributed by atoms with Crippen LogP contribution in [0.2, 0.25) is 0 Å². The Kier molecular flexibility index (Phi) is 5.52. The van der Waals surface area contributed by atoms with Gasteiger partial charge in [-0.25, -0.2) is 9.07 Å². The highest BCUT2D eigenvalue weighted by Crippen LogP contribution is 2.23. The van der Waals surface area contributed by atoms with E-state index in [0.717, 1.165) is 17.3 Å². The summed E-state index contributed by atoms with van der Waals surface area (Å²) >= 11 is 1.14. The molecule has 0 radical (unpaired) electrons. The summed E-state index contributed by atoms with van der Waals surface area (Å²) in [5, 5.41) is 11.1. The molecule has 1 atom stereocenters. The second-order valence-electron chi connectivity index (χ2n) is 5.64. The average molecular weight is 371 g/mol. The Morgan fingerprint density at radius 3 is 2.62 bits per heavy atom. The van der Waals surface area contributed by atoms with Gasteiger partial charge in [0, 0.05) is 0 Å². The molecule has 1 heterocycles. The lowest BCUT2D eigenvalue weighted by molar-refractivity contribution is -0.119. The van der Waals surface area contributed by atoms with Crippen LogP contribution in [0.5, 0.6) is 0 Å². The van der Waals surface area contributed by atoms with Crippen LogP contribution in [-0.4, -0.2) is 26.5 Å². The molecule has 1 aromatic heterocycles. The number of hydrogen-bond donors (Lipinski definition) is 2. The molecule has 0 aliphatic heterocycles. The van der Waals surface area contributed by atoms with Gasteiger partial charge in [0.25, 0.3) is 0 Å². The van der Waals surface area contributed by atoms with Gasteiger partial charge in [-0.3, -0.25) is 4.79 Å². The van der Waals surface area contributed by atoms with E-state index in [-0.39, 0.29) is 29.1 Å². The fourth-order valence-corrected chi connectivity index (χ4v) is 3.11. The topological polar surface area (TPSA) is 85.8 Å². The van der Waals surface area contributed by atoms with Crippen molar-refractivity contribution in [2.24, 2.45) is 0 Å². The quantitative estimate of drug-likeness (QED) is 0.514. The van der Waals surface area contributed by atoms with Crippen molar-refractivity contribution in [1.29, 1.82) is 0 Å². The first-order valence-corrected chi connectivity index (χ1v) is 8.97. The molecule has 6 nitrogen and oxygen atoms in total. The Morgan fingerprint density at radius 2 is 1.88 bits per heavy atom. The van der Waals surface area contributed by atoms with Crippen molar-refractivity contribution < 1.29 is 9.18 Å². The first kappa shape index (κ1) is 17.9. The van der Waals surface area contributed by atoms with Crippen LogP contribution < -0.4 is 11.2 Å². The molecule has 8 heteroatoms. The molecular weight excluding hydrogens is 353 g/mol. The maximum atomic E-state index is 13.9. The molecule has 0 saturated carbocycles. The van der Waals surface area contributed by atoms with Crippen molar-refractivity contribution in [1.82, 2.24) is 20.2 Å². The van der Waals surface area contributed by atoms with E-state index >= 15 is 0 Å². The number of thioether (sulfide) groups is 1. The summed E-state index contributed by atoms with van der Waals surface area (Å²) in [5.74, 6) is 5.71. The van der Waals surface area contributed by atoms with E-state index in [4.69, 9.17) is 5.84 Å². The predicted octanol–water partition coefficient (Wildman–Crippen LogP) is 2.77. The van der Waals surface area contributed by atoms with E-state index in [2.05, 4.69) is 15.5 Å². The molecule has 134 valence electrons. The van der Waals surface area contributed by atoms with E-state index in [1.54, 1.807) is 18.2 Å². The summed E-state index contributed by atoms with van der Waals surface area (Å²) in [6.07, 6.45) is 0. The van der Waals surface area contributed by atoms with Crippen LogP contribution >= 0.6 is 11.8 Å². The van der Waals surface area contributed by atoms with Crippen LogP contribution in [0, 0.1) is 5.82 Å². The number of benzene rings is 2. The molecular formula is C18H18FN5OS. The van der Waals surface area contributed by atoms with Crippen molar-refractivity contribution >= 4 is 17.7 Å². The molecule has 0 bridgehead atoms. The Bertz CT molecular complexity index is 900. The molecule has 0 saturated heterocycles. The van der Waals surface area contributed by atoms with E-state index in [1.807, 2.05) is 37.3 Å². The Labute approximate surface area is 154 Å². The number of nitrogens with two attached hydrogens (primary N) is 1. The zero-order valence-electron chi connectivity index (χ0n) is 14.1. The lowest BCUT2D eigenvalue weighted by Gasteiger charge is -2.13. The van der Waals surface area contributed by atoms with Gasteiger partial charge in [-0.1, -0.05) is 54.2 Å². The number of rotatable bonds is 6. The molecule has 3 aromatic rings. The molecule has 3 N–H and O–H groups in total. The summed E-state index contributed by atoms with van der Waals surface area (Å²) in [6, 6.07) is 15.8. The first-order chi connectivity index (χ1) is 12.6. The smallest absolute Gasteiger partial charge is 0.230 e. The van der Waals surface area contributed by atoms with Gasteiger partial charge in [-0.05, 0) is 24.6 Å². The van der Waals surface area contributed by atoms with E-state index in [9.17, 15) is 9.18 Å². The minimum Gasteiger partial charge on any atom is -0.349 e. The van der Waals surface area contributed by atoms with E-state index in [1.165, 1.54) is 10.7 Å². The number of aromatic nitrogens is 3. The van der Waals surface area contributed by atoms with Gasteiger partial charge in [-0.2, -0.15) is 0 Å². The van der Waals surface area contributed by atoms with E-state index < -0.39 is 5.82 Å². The van der Waals surface area contributed by atoms with E-state index in [0.29, 0.717) is 5.16 Å². The molecule has 0 unspecified atom stereocenters. The van der Waals surface area contributed by atoms with Crippen LogP contribution in [0.1, 0.15) is 18.5 Å². The molecule has 2 aromatic carbocycles. The molecule has 1 amide bonds. The maximum Gasteiger partial charge on any atom is 0.230 e. The second-order valence-corrected chi connectivity index (χ2v) is 6.59. The van der Waals surface area contributed by atoms with Crippen molar-refractivity contribution in [3.8, 4) is 11.4 Å². The third-order valence-corrected chi connectivity index (χ3v) is 4.73. The lowest BCUT2D eigenvalue weighted by atomic mass is 10.1. The number of nitrogens with one attached hydrogen (secondary N) is 1. The van der Waals surface area contributed by atoms with Crippen LogP contribution in [0.25, 0.3) is 11.4 Å². The number of hydrogen-bond acceptors (Lipinski definition) is 5. The van der Waals surface area contributed by atoms with Crippen LogP contribution in [0.15, 0.2) is 59.8 Å². The largest absolute Gasteiger partial charge is 0.349 e. The average Bonchev–Trinajstić information content (AvgIpc) is 3.01. The summed E-state index contributed by atoms with van der Waals surface area (Å²) in [5.41, 5.74) is 1.28. The summed E-state index contributed by atoms with van der Waals surface area (Å²) in [4.78, 5) is 12.2. The third kappa shape index (κ3) is 4.02. The van der Waals surface area contributed by atoms with Crippen LogP contribution in [0.4, 0.5) is 4.39 Å². The molecule has 0 fully saturated rings.